The van der Waals surface area contributed by atoms with Gasteiger partial charge in [-0.1, -0.05) is 26.8 Å². The van der Waals surface area contributed by atoms with E-state index < -0.39 is 6.23 Å². The van der Waals surface area contributed by atoms with E-state index in [4.69, 9.17) is 4.98 Å². The Balaban J connectivity index is 1.33. The molecule has 1 aromatic carbocycles. The first kappa shape index (κ1) is 24.4. The monoisotopic (exact) mass is 510 g/mol. The summed E-state index contributed by atoms with van der Waals surface area (Å²) < 4.78 is 0. The first-order valence-corrected chi connectivity index (χ1v) is 13.3. The number of imidazole rings is 1. The van der Waals surface area contributed by atoms with E-state index in [0.29, 0.717) is 6.42 Å². The van der Waals surface area contributed by atoms with Gasteiger partial charge in [0.05, 0.1) is 40.5 Å². The minimum atomic E-state index is -0.661. The van der Waals surface area contributed by atoms with Crippen molar-refractivity contribution >= 4 is 33.3 Å². The molecule has 0 aliphatic carbocycles. The van der Waals surface area contributed by atoms with E-state index in [1.165, 1.54) is 24.9 Å². The molecule has 1 atom stereocenters. The highest BCUT2D eigenvalue weighted by Gasteiger charge is 2.20. The predicted octanol–water partition coefficient (Wildman–Crippen LogP) is 5.72. The number of piperidine rings is 1. The second-order valence-corrected chi connectivity index (χ2v) is 11.4. The summed E-state index contributed by atoms with van der Waals surface area (Å²) in [6, 6.07) is 10.3. The Morgan fingerprint density at radius 1 is 1.05 bits per heavy atom. The van der Waals surface area contributed by atoms with Crippen LogP contribution in [0.2, 0.25) is 0 Å². The van der Waals surface area contributed by atoms with Crippen molar-refractivity contribution in [3.8, 4) is 22.8 Å². The maximum Gasteiger partial charge on any atom is 0.159 e. The Morgan fingerprint density at radius 2 is 1.89 bits per heavy atom. The second-order valence-electron chi connectivity index (χ2n) is 11.4. The molecule has 4 N–H and O–H groups in total. The number of hydrogen-bond donors (Lipinski definition) is 4. The van der Waals surface area contributed by atoms with E-state index in [-0.39, 0.29) is 5.41 Å². The smallest absolute Gasteiger partial charge is 0.159 e. The number of rotatable bonds is 6. The number of nitrogens with zero attached hydrogens (tertiary/aromatic N) is 5. The molecule has 1 fully saturated rings. The molecule has 0 bridgehead atoms. The van der Waals surface area contributed by atoms with Crippen molar-refractivity contribution in [2.24, 2.45) is 5.41 Å². The van der Waals surface area contributed by atoms with Crippen LogP contribution in [0.4, 0.5) is 11.4 Å². The van der Waals surface area contributed by atoms with Crippen LogP contribution in [0.5, 0.6) is 0 Å². The van der Waals surface area contributed by atoms with Crippen LogP contribution in [0.3, 0.4) is 0 Å². The van der Waals surface area contributed by atoms with Crippen LogP contribution >= 0.6 is 0 Å². The molecule has 9 heteroatoms. The van der Waals surface area contributed by atoms with E-state index in [2.05, 4.69) is 74.3 Å². The summed E-state index contributed by atoms with van der Waals surface area (Å²) >= 11 is 0. The van der Waals surface area contributed by atoms with E-state index in [1.807, 2.05) is 12.1 Å². The number of hydrogen-bond acceptors (Lipinski definition) is 7. The van der Waals surface area contributed by atoms with E-state index >= 15 is 0 Å². The average molecular weight is 511 g/mol. The molecule has 1 unspecified atom stereocenters. The Kier molecular flexibility index (Phi) is 6.23. The number of anilines is 2. The molecular weight excluding hydrogens is 476 g/mol. The highest BCUT2D eigenvalue weighted by Crippen LogP contribution is 2.33. The number of nitrogens with one attached hydrogen (secondary N) is 3. The number of para-hydroxylation sites is 1. The Hall–Kier alpha value is -3.98. The molecule has 5 aromatic rings. The van der Waals surface area contributed by atoms with Gasteiger partial charge in [0.2, 0.25) is 0 Å². The number of H-pyrrole nitrogens is 2. The fraction of sp³-hybridized carbons (Fsp3) is 0.379. The second kappa shape index (κ2) is 9.72. The van der Waals surface area contributed by atoms with Crippen molar-refractivity contribution in [2.75, 3.05) is 23.3 Å². The fourth-order valence-corrected chi connectivity index (χ4v) is 5.26. The maximum absolute atomic E-state index is 10.5. The van der Waals surface area contributed by atoms with Crippen LogP contribution in [0.1, 0.15) is 46.5 Å². The van der Waals surface area contributed by atoms with Crippen molar-refractivity contribution < 1.29 is 5.11 Å². The summed E-state index contributed by atoms with van der Waals surface area (Å²) in [6.07, 6.45) is 8.97. The number of aromatic amines is 2. The highest BCUT2D eigenvalue weighted by atomic mass is 16.3. The van der Waals surface area contributed by atoms with Gasteiger partial charge in [-0.15, -0.1) is 0 Å². The van der Waals surface area contributed by atoms with Crippen LogP contribution in [0, 0.1) is 5.41 Å². The zero-order chi connectivity index (χ0) is 26.3. The fourth-order valence-electron chi connectivity index (χ4n) is 5.26. The molecule has 6 rings (SSSR count). The number of fused-ring (bicyclic) bond motifs is 2. The number of pyridine rings is 2. The summed E-state index contributed by atoms with van der Waals surface area (Å²) in [7, 11) is 0. The summed E-state index contributed by atoms with van der Waals surface area (Å²) in [5.41, 5.74) is 7.13. The van der Waals surface area contributed by atoms with Gasteiger partial charge in [-0.05, 0) is 55.4 Å². The van der Waals surface area contributed by atoms with Crippen LogP contribution in [-0.4, -0.2) is 54.6 Å². The van der Waals surface area contributed by atoms with Crippen molar-refractivity contribution in [3.63, 3.8) is 0 Å². The van der Waals surface area contributed by atoms with Crippen molar-refractivity contribution in [3.05, 3.63) is 48.9 Å². The van der Waals surface area contributed by atoms with Gasteiger partial charge < -0.3 is 20.3 Å². The summed E-state index contributed by atoms with van der Waals surface area (Å²) in [5.74, 6) is 0.728. The summed E-state index contributed by atoms with van der Waals surface area (Å²) in [5, 5.41) is 22.2. The van der Waals surface area contributed by atoms with Crippen molar-refractivity contribution in [1.29, 1.82) is 0 Å². The third-order valence-electron chi connectivity index (χ3n) is 7.03. The third kappa shape index (κ3) is 4.93. The van der Waals surface area contributed by atoms with Gasteiger partial charge in [-0.3, -0.25) is 15.1 Å². The normalized spacial score (nSPS) is 15.3. The van der Waals surface area contributed by atoms with E-state index in [0.717, 1.165) is 63.5 Å². The zero-order valence-electron chi connectivity index (χ0n) is 22.1. The number of aliphatic hydroxyl groups excluding tert-OH is 1. The van der Waals surface area contributed by atoms with Gasteiger partial charge in [0.25, 0.3) is 0 Å². The van der Waals surface area contributed by atoms with Gasteiger partial charge in [0, 0.05) is 30.2 Å². The lowest BCUT2D eigenvalue weighted by atomic mass is 9.91. The van der Waals surface area contributed by atoms with Gasteiger partial charge in [-0.2, -0.15) is 5.10 Å². The Bertz CT molecular complexity index is 1570. The molecule has 0 radical (unpaired) electrons. The van der Waals surface area contributed by atoms with Gasteiger partial charge >= 0.3 is 0 Å². The van der Waals surface area contributed by atoms with Crippen LogP contribution in [0.25, 0.3) is 44.7 Å². The largest absolute Gasteiger partial charge is 0.374 e. The maximum atomic E-state index is 10.5. The third-order valence-corrected chi connectivity index (χ3v) is 7.03. The molecule has 0 amide bonds. The van der Waals surface area contributed by atoms with Crippen LogP contribution in [-0.2, 0) is 0 Å². The van der Waals surface area contributed by atoms with Gasteiger partial charge in [-0.25, -0.2) is 4.98 Å². The molecule has 0 saturated carbocycles. The molecule has 5 heterocycles. The first-order chi connectivity index (χ1) is 18.3. The lowest BCUT2D eigenvalue weighted by Crippen LogP contribution is -2.29. The first-order valence-electron chi connectivity index (χ1n) is 13.3. The van der Waals surface area contributed by atoms with Crippen LogP contribution < -0.4 is 10.2 Å². The Labute approximate surface area is 221 Å². The average Bonchev–Trinajstić information content (AvgIpc) is 3.51. The molecule has 1 aliphatic rings. The minimum absolute atomic E-state index is 0.00687. The highest BCUT2D eigenvalue weighted by molar-refractivity contribution is 5.96. The molecule has 196 valence electrons. The van der Waals surface area contributed by atoms with Gasteiger partial charge in [0.15, 0.2) is 5.82 Å². The summed E-state index contributed by atoms with van der Waals surface area (Å²) in [4.78, 5) is 20.0. The molecule has 0 spiro atoms. The zero-order valence-corrected chi connectivity index (χ0v) is 22.1. The van der Waals surface area contributed by atoms with Gasteiger partial charge in [0.1, 0.15) is 17.4 Å². The molecule has 9 nitrogen and oxygen atoms in total. The number of aromatic nitrogens is 6. The van der Waals surface area contributed by atoms with E-state index in [1.54, 1.807) is 18.6 Å². The quantitative estimate of drug-likeness (QED) is 0.216. The Morgan fingerprint density at radius 3 is 2.71 bits per heavy atom. The molecular formula is C29H34N8O. The SMILES string of the molecule is CC(C)(C)CC(O)Nc1cncc(-c2cc3c(-c4nc5c(N6CCCCC6)cccc5[nH]4)n[nH]c3cn2)c1. The lowest BCUT2D eigenvalue weighted by Gasteiger charge is -2.28. The van der Waals surface area contributed by atoms with Crippen LogP contribution in [0.15, 0.2) is 48.9 Å². The number of benzene rings is 1. The minimum Gasteiger partial charge on any atom is -0.374 e. The van der Waals surface area contributed by atoms with Crippen molar-refractivity contribution in [1.82, 2.24) is 30.1 Å². The molecule has 1 saturated heterocycles. The molecule has 1 aliphatic heterocycles. The van der Waals surface area contributed by atoms with Crippen molar-refractivity contribution in [2.45, 2.75) is 52.7 Å². The standard InChI is InChI=1S/C29H34N8O/c1-29(2,3)14-25(38)32-19-12-18(15-30-16-19)22-13-20-23(17-31-22)35-36-26(20)28-33-21-8-7-9-24(27(21)34-28)37-10-5-4-6-11-37/h7-9,12-13,15-17,25,32,38H,4-6,10-11,14H2,1-3H3,(H,33,34)(H,35,36). The number of aliphatic hydroxyl groups is 1. The lowest BCUT2D eigenvalue weighted by molar-refractivity contribution is 0.145. The topological polar surface area (TPSA) is 119 Å². The molecule has 38 heavy (non-hydrogen) atoms. The summed E-state index contributed by atoms with van der Waals surface area (Å²) in [6.45, 7) is 8.44. The van der Waals surface area contributed by atoms with E-state index in [9.17, 15) is 5.11 Å². The predicted molar refractivity (Wildman–Crippen MR) is 152 cm³/mol. The molecule has 4 aromatic heterocycles.